The normalized spacial score (nSPS) is 11.7. The minimum Gasteiger partial charge on any atom is -0.481 e. The molecule has 0 bridgehead atoms. The van der Waals surface area contributed by atoms with Gasteiger partial charge in [0.2, 0.25) is 0 Å². The molecule has 7 heteroatoms. The zero-order chi connectivity index (χ0) is 13.7. The molecule has 1 aromatic rings. The lowest BCUT2D eigenvalue weighted by molar-refractivity contribution is -0.137. The van der Waals surface area contributed by atoms with Crippen molar-refractivity contribution in [2.45, 2.75) is 19.4 Å². The van der Waals surface area contributed by atoms with Gasteiger partial charge in [-0.3, -0.25) is 4.79 Å². The van der Waals surface area contributed by atoms with Crippen LogP contribution in [0.5, 0.6) is 0 Å². The van der Waals surface area contributed by atoms with Gasteiger partial charge in [-0.15, -0.1) is 0 Å². The summed E-state index contributed by atoms with van der Waals surface area (Å²) < 4.78 is 0. The number of nitrogens with one attached hydrogen (secondary N) is 2. The van der Waals surface area contributed by atoms with Crippen LogP contribution in [0.2, 0.25) is 10.0 Å². The maximum Gasteiger partial charge on any atom is 0.319 e. The number of benzene rings is 1. The van der Waals surface area contributed by atoms with Crippen molar-refractivity contribution in [1.82, 2.24) is 5.32 Å². The fraction of sp³-hybridized carbons (Fsp3) is 0.273. The molecule has 5 nitrogen and oxygen atoms in total. The zero-order valence-corrected chi connectivity index (χ0v) is 11.0. The lowest BCUT2D eigenvalue weighted by atomic mass is 10.2. The van der Waals surface area contributed by atoms with E-state index in [1.165, 1.54) is 0 Å². The Hall–Kier alpha value is -1.46. The summed E-state index contributed by atoms with van der Waals surface area (Å²) >= 11 is 11.7. The van der Waals surface area contributed by atoms with E-state index >= 15 is 0 Å². The Labute approximate surface area is 114 Å². The molecule has 0 saturated heterocycles. The van der Waals surface area contributed by atoms with Crippen LogP contribution in [-0.2, 0) is 4.79 Å². The molecule has 0 saturated carbocycles. The number of urea groups is 1. The molecule has 98 valence electrons. The minimum atomic E-state index is -0.987. The average molecular weight is 291 g/mol. The van der Waals surface area contributed by atoms with Gasteiger partial charge in [-0.1, -0.05) is 29.3 Å². The third-order valence-corrected chi connectivity index (χ3v) is 2.69. The molecule has 0 aliphatic heterocycles. The lowest BCUT2D eigenvalue weighted by Crippen LogP contribution is -2.37. The molecule has 0 radical (unpaired) electrons. The largest absolute Gasteiger partial charge is 0.481 e. The molecular weight excluding hydrogens is 279 g/mol. The number of amides is 2. The van der Waals surface area contributed by atoms with Crippen molar-refractivity contribution in [3.63, 3.8) is 0 Å². The number of halogens is 2. The monoisotopic (exact) mass is 290 g/mol. The molecule has 0 aliphatic rings. The van der Waals surface area contributed by atoms with E-state index in [9.17, 15) is 9.59 Å². The van der Waals surface area contributed by atoms with E-state index in [0.29, 0.717) is 15.7 Å². The molecular formula is C11H12Cl2N2O3. The van der Waals surface area contributed by atoms with Crippen LogP contribution in [-0.4, -0.2) is 23.1 Å². The summed E-state index contributed by atoms with van der Waals surface area (Å²) in [4.78, 5) is 22.0. The maximum absolute atomic E-state index is 11.6. The second-order valence-corrected chi connectivity index (χ2v) is 4.51. The molecule has 1 aromatic carbocycles. The van der Waals surface area contributed by atoms with Crippen LogP contribution in [0.25, 0.3) is 0 Å². The number of aliphatic carboxylic acids is 1. The molecule has 0 heterocycles. The van der Waals surface area contributed by atoms with Crippen molar-refractivity contribution in [1.29, 1.82) is 0 Å². The Balaban J connectivity index is 2.62. The van der Waals surface area contributed by atoms with Crippen LogP contribution in [0.1, 0.15) is 13.3 Å². The molecule has 0 spiro atoms. The first kappa shape index (κ1) is 14.6. The van der Waals surface area contributed by atoms with E-state index in [1.807, 2.05) is 0 Å². The average Bonchev–Trinajstić information content (AvgIpc) is 2.22. The van der Waals surface area contributed by atoms with Crippen LogP contribution >= 0.6 is 23.2 Å². The Morgan fingerprint density at radius 1 is 1.33 bits per heavy atom. The van der Waals surface area contributed by atoms with E-state index in [2.05, 4.69) is 10.6 Å². The van der Waals surface area contributed by atoms with E-state index in [-0.39, 0.29) is 6.42 Å². The Morgan fingerprint density at radius 2 is 1.89 bits per heavy atom. The van der Waals surface area contributed by atoms with Crippen LogP contribution in [0, 0.1) is 0 Å². The minimum absolute atomic E-state index is 0.163. The Bertz CT molecular complexity index is 445. The highest BCUT2D eigenvalue weighted by Crippen LogP contribution is 2.29. The fourth-order valence-electron chi connectivity index (χ4n) is 1.30. The third kappa shape index (κ3) is 4.43. The van der Waals surface area contributed by atoms with Crippen molar-refractivity contribution < 1.29 is 14.7 Å². The van der Waals surface area contributed by atoms with Gasteiger partial charge in [0.1, 0.15) is 0 Å². The summed E-state index contributed by atoms with van der Waals surface area (Å²) in [5.41, 5.74) is 0.292. The number of carbonyl (C=O) groups excluding carboxylic acids is 1. The van der Waals surface area contributed by atoms with Gasteiger partial charge in [0.25, 0.3) is 0 Å². The predicted molar refractivity (Wildman–Crippen MR) is 70.3 cm³/mol. The van der Waals surface area contributed by atoms with Crippen LogP contribution in [0.4, 0.5) is 10.5 Å². The number of para-hydroxylation sites is 1. The van der Waals surface area contributed by atoms with Crippen molar-refractivity contribution in [3.8, 4) is 0 Å². The molecule has 1 rings (SSSR count). The van der Waals surface area contributed by atoms with Gasteiger partial charge in [-0.25, -0.2) is 4.79 Å². The van der Waals surface area contributed by atoms with E-state index in [0.717, 1.165) is 0 Å². The van der Waals surface area contributed by atoms with E-state index in [4.69, 9.17) is 28.3 Å². The number of anilines is 1. The van der Waals surface area contributed by atoms with Gasteiger partial charge < -0.3 is 15.7 Å². The first-order valence-electron chi connectivity index (χ1n) is 5.13. The van der Waals surface area contributed by atoms with Crippen molar-refractivity contribution in [3.05, 3.63) is 28.2 Å². The number of carboxylic acids is 1. The molecule has 2 amide bonds. The first-order valence-corrected chi connectivity index (χ1v) is 5.89. The van der Waals surface area contributed by atoms with Crippen LogP contribution in [0.3, 0.4) is 0 Å². The summed E-state index contributed by atoms with van der Waals surface area (Å²) in [6.45, 7) is 1.59. The van der Waals surface area contributed by atoms with Crippen molar-refractivity contribution in [2.24, 2.45) is 0 Å². The first-order chi connectivity index (χ1) is 8.40. The number of hydrogen-bond donors (Lipinski definition) is 3. The second-order valence-electron chi connectivity index (χ2n) is 3.69. The van der Waals surface area contributed by atoms with Crippen LogP contribution < -0.4 is 10.6 Å². The smallest absolute Gasteiger partial charge is 0.319 e. The number of hydrogen-bond acceptors (Lipinski definition) is 2. The van der Waals surface area contributed by atoms with Gasteiger partial charge in [0.15, 0.2) is 0 Å². The van der Waals surface area contributed by atoms with Crippen molar-refractivity contribution in [2.75, 3.05) is 5.32 Å². The number of carboxylic acid groups (broad SMARTS) is 1. The van der Waals surface area contributed by atoms with Crippen molar-refractivity contribution >= 4 is 40.9 Å². The van der Waals surface area contributed by atoms with Gasteiger partial charge in [-0.05, 0) is 19.1 Å². The zero-order valence-electron chi connectivity index (χ0n) is 9.54. The fourth-order valence-corrected chi connectivity index (χ4v) is 1.80. The molecule has 1 atom stereocenters. The lowest BCUT2D eigenvalue weighted by Gasteiger charge is -2.14. The van der Waals surface area contributed by atoms with Gasteiger partial charge in [0.05, 0.1) is 22.2 Å². The second kappa shape index (κ2) is 6.47. The summed E-state index contributed by atoms with van der Waals surface area (Å²) in [5.74, 6) is -0.987. The summed E-state index contributed by atoms with van der Waals surface area (Å²) in [7, 11) is 0. The highest BCUT2D eigenvalue weighted by molar-refractivity contribution is 6.39. The van der Waals surface area contributed by atoms with Gasteiger partial charge in [0, 0.05) is 6.04 Å². The topological polar surface area (TPSA) is 78.4 Å². The van der Waals surface area contributed by atoms with Gasteiger partial charge in [-0.2, -0.15) is 0 Å². The summed E-state index contributed by atoms with van der Waals surface area (Å²) in [6, 6.07) is 3.77. The summed E-state index contributed by atoms with van der Waals surface area (Å²) in [5, 5.41) is 14.1. The van der Waals surface area contributed by atoms with Crippen LogP contribution in [0.15, 0.2) is 18.2 Å². The quantitative estimate of drug-likeness (QED) is 0.798. The van der Waals surface area contributed by atoms with E-state index in [1.54, 1.807) is 25.1 Å². The highest BCUT2D eigenvalue weighted by atomic mass is 35.5. The molecule has 18 heavy (non-hydrogen) atoms. The standard InChI is InChI=1S/C11H12Cl2N2O3/c1-6(5-9(16)17)14-11(18)15-10-7(12)3-2-4-8(10)13/h2-4,6H,5H2,1H3,(H,16,17)(H2,14,15,18). The number of rotatable bonds is 4. The maximum atomic E-state index is 11.6. The SMILES string of the molecule is CC(CC(=O)O)NC(=O)Nc1c(Cl)cccc1Cl. The highest BCUT2D eigenvalue weighted by Gasteiger charge is 2.13. The Morgan fingerprint density at radius 3 is 2.39 bits per heavy atom. The predicted octanol–water partition coefficient (Wildman–Crippen LogP) is 2.98. The van der Waals surface area contributed by atoms with E-state index < -0.39 is 18.0 Å². The number of carbonyl (C=O) groups is 2. The Kier molecular flexibility index (Phi) is 5.25. The molecule has 3 N–H and O–H groups in total. The molecule has 0 aromatic heterocycles. The van der Waals surface area contributed by atoms with Gasteiger partial charge >= 0.3 is 12.0 Å². The molecule has 0 fully saturated rings. The molecule has 1 unspecified atom stereocenters. The third-order valence-electron chi connectivity index (χ3n) is 2.06. The molecule has 0 aliphatic carbocycles. The summed E-state index contributed by atoms with van der Waals surface area (Å²) in [6.07, 6.45) is -0.163.